The summed E-state index contributed by atoms with van der Waals surface area (Å²) in [5.41, 5.74) is 0. The fraction of sp³-hybridized carbons (Fsp3) is 0.625. The zero-order chi connectivity index (χ0) is 9.14. The summed E-state index contributed by atoms with van der Waals surface area (Å²) in [6.45, 7) is 1.35. The van der Waals surface area contributed by atoms with E-state index in [4.69, 9.17) is 4.74 Å². The van der Waals surface area contributed by atoms with E-state index in [0.29, 0.717) is 6.42 Å². The molecule has 2 unspecified atom stereocenters. The Kier molecular flexibility index (Phi) is 3.29. The molecule has 68 valence electrons. The van der Waals surface area contributed by atoms with E-state index in [9.17, 15) is 9.90 Å². The van der Waals surface area contributed by atoms with Gasteiger partial charge in [-0.1, -0.05) is 15.9 Å². The van der Waals surface area contributed by atoms with E-state index in [1.807, 2.05) is 0 Å². The molecule has 1 aliphatic carbocycles. The number of rotatable bonds is 1. The molecule has 0 aromatic heterocycles. The molecule has 0 heterocycles. The van der Waals surface area contributed by atoms with Gasteiger partial charge in [-0.2, -0.15) is 0 Å². The van der Waals surface area contributed by atoms with Crippen molar-refractivity contribution in [2.75, 3.05) is 0 Å². The van der Waals surface area contributed by atoms with Crippen molar-refractivity contribution in [2.24, 2.45) is 0 Å². The number of hydrogen-bond acceptors (Lipinski definition) is 3. The summed E-state index contributed by atoms with van der Waals surface area (Å²) in [6, 6.07) is 0. The molecule has 1 rings (SSSR count). The van der Waals surface area contributed by atoms with E-state index in [1.165, 1.54) is 6.92 Å². The van der Waals surface area contributed by atoms with Gasteiger partial charge in [-0.15, -0.1) is 0 Å². The highest BCUT2D eigenvalue weighted by atomic mass is 79.9. The third-order valence-electron chi connectivity index (χ3n) is 1.72. The first-order valence-electron chi connectivity index (χ1n) is 3.81. The summed E-state index contributed by atoms with van der Waals surface area (Å²) >= 11 is 3.28. The summed E-state index contributed by atoms with van der Waals surface area (Å²) in [5.74, 6) is -0.342. The van der Waals surface area contributed by atoms with Crippen LogP contribution >= 0.6 is 15.9 Å². The summed E-state index contributed by atoms with van der Waals surface area (Å²) < 4.78 is 5.87. The van der Waals surface area contributed by atoms with Crippen LogP contribution in [0.4, 0.5) is 0 Å². The van der Waals surface area contributed by atoms with Gasteiger partial charge in [-0.3, -0.25) is 4.79 Å². The van der Waals surface area contributed by atoms with Crippen LogP contribution in [-0.4, -0.2) is 23.3 Å². The van der Waals surface area contributed by atoms with Gasteiger partial charge in [-0.05, 0) is 23.4 Å². The molecule has 0 bridgehead atoms. The van der Waals surface area contributed by atoms with Gasteiger partial charge in [-0.25, -0.2) is 0 Å². The van der Waals surface area contributed by atoms with Crippen molar-refractivity contribution in [3.8, 4) is 0 Å². The van der Waals surface area contributed by atoms with Crippen molar-refractivity contribution >= 4 is 21.9 Å². The Balaban J connectivity index is 2.53. The van der Waals surface area contributed by atoms with Crippen LogP contribution in [0.25, 0.3) is 0 Å². The number of carbonyl (C=O) groups is 1. The first-order valence-corrected chi connectivity index (χ1v) is 4.60. The van der Waals surface area contributed by atoms with Crippen LogP contribution in [0.3, 0.4) is 0 Å². The number of hydrogen-bond donors (Lipinski definition) is 1. The molecule has 0 spiro atoms. The second-order valence-corrected chi connectivity index (χ2v) is 3.81. The maximum atomic E-state index is 10.6. The molecule has 0 amide bonds. The summed E-state index contributed by atoms with van der Waals surface area (Å²) in [4.78, 5) is 10.6. The lowest BCUT2D eigenvalue weighted by atomic mass is 10.0. The van der Waals surface area contributed by atoms with E-state index in [1.54, 1.807) is 6.08 Å². The summed E-state index contributed by atoms with van der Waals surface area (Å²) in [7, 11) is 0. The highest BCUT2D eigenvalue weighted by Gasteiger charge is 2.24. The maximum absolute atomic E-state index is 10.6. The van der Waals surface area contributed by atoms with Crippen LogP contribution in [0.1, 0.15) is 19.8 Å². The van der Waals surface area contributed by atoms with E-state index >= 15 is 0 Å². The number of aliphatic hydroxyl groups is 1. The predicted octanol–water partition coefficient (Wildman–Crippen LogP) is 1.35. The van der Waals surface area contributed by atoms with Crippen LogP contribution in [0, 0.1) is 0 Å². The third kappa shape index (κ3) is 2.60. The molecule has 0 aromatic carbocycles. The Hall–Kier alpha value is -0.350. The molecule has 4 heteroatoms. The quantitative estimate of drug-likeness (QED) is 0.698. The lowest BCUT2D eigenvalue weighted by Gasteiger charge is -2.24. The lowest BCUT2D eigenvalue weighted by molar-refractivity contribution is -0.151. The lowest BCUT2D eigenvalue weighted by Crippen LogP contribution is -2.31. The SMILES string of the molecule is CC(=O)OC1CCC(Br)=CC1O. The molecule has 3 nitrogen and oxygen atoms in total. The van der Waals surface area contributed by atoms with Gasteiger partial charge in [0.05, 0.1) is 0 Å². The first kappa shape index (κ1) is 9.74. The molecule has 0 radical (unpaired) electrons. The van der Waals surface area contributed by atoms with Crippen molar-refractivity contribution in [2.45, 2.75) is 32.0 Å². The van der Waals surface area contributed by atoms with Gasteiger partial charge in [0.1, 0.15) is 12.2 Å². The molecule has 0 saturated heterocycles. The molecule has 0 aliphatic heterocycles. The minimum Gasteiger partial charge on any atom is -0.459 e. The average Bonchev–Trinajstić information content (AvgIpc) is 1.94. The van der Waals surface area contributed by atoms with Crippen LogP contribution < -0.4 is 0 Å². The normalized spacial score (nSPS) is 29.4. The Labute approximate surface area is 79.5 Å². The second-order valence-electron chi connectivity index (χ2n) is 2.79. The largest absolute Gasteiger partial charge is 0.459 e. The van der Waals surface area contributed by atoms with Gasteiger partial charge >= 0.3 is 5.97 Å². The van der Waals surface area contributed by atoms with Crippen LogP contribution in [0.15, 0.2) is 10.6 Å². The Morgan fingerprint density at radius 1 is 1.83 bits per heavy atom. The van der Waals surface area contributed by atoms with Crippen LogP contribution in [0.2, 0.25) is 0 Å². The van der Waals surface area contributed by atoms with Gasteiger partial charge in [0.15, 0.2) is 0 Å². The van der Waals surface area contributed by atoms with E-state index in [2.05, 4.69) is 15.9 Å². The molecule has 0 fully saturated rings. The molecule has 2 atom stereocenters. The smallest absolute Gasteiger partial charge is 0.303 e. The van der Waals surface area contributed by atoms with Gasteiger partial charge < -0.3 is 9.84 Å². The minimum atomic E-state index is -0.669. The molecule has 0 saturated carbocycles. The number of aliphatic hydroxyl groups excluding tert-OH is 1. The van der Waals surface area contributed by atoms with E-state index in [0.717, 1.165) is 10.9 Å². The van der Waals surface area contributed by atoms with E-state index in [-0.39, 0.29) is 12.1 Å². The van der Waals surface area contributed by atoms with Crippen molar-refractivity contribution in [1.29, 1.82) is 0 Å². The van der Waals surface area contributed by atoms with Gasteiger partial charge in [0, 0.05) is 6.92 Å². The Morgan fingerprint density at radius 2 is 2.50 bits per heavy atom. The average molecular weight is 235 g/mol. The number of ether oxygens (including phenoxy) is 1. The molecular formula is C8H11BrO3. The molecule has 1 aliphatic rings. The van der Waals surface area contributed by atoms with Crippen molar-refractivity contribution < 1.29 is 14.6 Å². The maximum Gasteiger partial charge on any atom is 0.303 e. The topological polar surface area (TPSA) is 46.5 Å². The predicted molar refractivity (Wildman–Crippen MR) is 47.8 cm³/mol. The highest BCUT2D eigenvalue weighted by Crippen LogP contribution is 2.24. The molecule has 1 N–H and O–H groups in total. The fourth-order valence-electron chi connectivity index (χ4n) is 1.17. The van der Waals surface area contributed by atoms with Crippen molar-refractivity contribution in [1.82, 2.24) is 0 Å². The van der Waals surface area contributed by atoms with Crippen LogP contribution in [-0.2, 0) is 9.53 Å². The number of carbonyl (C=O) groups excluding carboxylic acids is 1. The molecule has 12 heavy (non-hydrogen) atoms. The summed E-state index contributed by atoms with van der Waals surface area (Å²) in [6.07, 6.45) is 2.12. The first-order chi connectivity index (χ1) is 5.59. The van der Waals surface area contributed by atoms with Crippen molar-refractivity contribution in [3.63, 3.8) is 0 Å². The zero-order valence-corrected chi connectivity index (χ0v) is 8.37. The van der Waals surface area contributed by atoms with Gasteiger partial charge in [0.25, 0.3) is 0 Å². The second kappa shape index (κ2) is 4.05. The number of esters is 1. The monoisotopic (exact) mass is 234 g/mol. The standard InChI is InChI=1S/C8H11BrO3/c1-5(10)12-8-3-2-6(9)4-7(8)11/h4,7-8,11H,2-3H2,1H3. The van der Waals surface area contributed by atoms with E-state index < -0.39 is 6.10 Å². The number of halogens is 1. The Bertz CT molecular complexity index is 212. The Morgan fingerprint density at radius 3 is 3.00 bits per heavy atom. The summed E-state index contributed by atoms with van der Waals surface area (Å²) in [5, 5.41) is 9.40. The van der Waals surface area contributed by atoms with Crippen molar-refractivity contribution in [3.05, 3.63) is 10.6 Å². The van der Waals surface area contributed by atoms with Crippen LogP contribution in [0.5, 0.6) is 0 Å². The number of allylic oxidation sites excluding steroid dienone is 1. The molecule has 0 aromatic rings. The third-order valence-corrected chi connectivity index (χ3v) is 2.38. The van der Waals surface area contributed by atoms with Gasteiger partial charge in [0.2, 0.25) is 0 Å². The zero-order valence-electron chi connectivity index (χ0n) is 6.79. The minimum absolute atomic E-state index is 0.342. The fourth-order valence-corrected chi connectivity index (χ4v) is 1.67. The highest BCUT2D eigenvalue weighted by molar-refractivity contribution is 9.11. The molecular weight excluding hydrogens is 224 g/mol.